The highest BCUT2D eigenvalue weighted by molar-refractivity contribution is 5.99. The van der Waals surface area contributed by atoms with E-state index < -0.39 is 11.7 Å². The average Bonchev–Trinajstić information content (AvgIpc) is 2.32. The fraction of sp³-hybridized carbons (Fsp3) is 0.467. The van der Waals surface area contributed by atoms with E-state index in [-0.39, 0.29) is 5.78 Å². The van der Waals surface area contributed by atoms with E-state index in [1.807, 2.05) is 20.8 Å². The molecule has 1 amide bonds. The predicted molar refractivity (Wildman–Crippen MR) is 83.6 cm³/mol. The predicted octanol–water partition coefficient (Wildman–Crippen LogP) is 2.41. The molecule has 0 saturated heterocycles. The van der Waals surface area contributed by atoms with Crippen LogP contribution in [0.3, 0.4) is 0 Å². The molecule has 0 atom stereocenters. The standard InChI is InChI=1S/C15H23N3O3/c1-10(19)12-6-5-11(9-13(12)16)17-7-8-18-14(20)21-15(2,3)4/h5-6,9,17H,7-8,16H2,1-4H3,(H,18,20). The fourth-order valence-corrected chi connectivity index (χ4v) is 1.68. The van der Waals surface area contributed by atoms with E-state index in [1.54, 1.807) is 18.2 Å². The second kappa shape index (κ2) is 6.97. The van der Waals surface area contributed by atoms with E-state index in [2.05, 4.69) is 10.6 Å². The summed E-state index contributed by atoms with van der Waals surface area (Å²) in [5.74, 6) is -0.0642. The monoisotopic (exact) mass is 293 g/mol. The van der Waals surface area contributed by atoms with E-state index in [0.29, 0.717) is 24.3 Å². The highest BCUT2D eigenvalue weighted by Crippen LogP contribution is 2.18. The second-order valence-corrected chi connectivity index (χ2v) is 5.71. The molecule has 0 aliphatic heterocycles. The number of amides is 1. The molecule has 4 N–H and O–H groups in total. The van der Waals surface area contributed by atoms with Crippen LogP contribution in [0.4, 0.5) is 16.2 Å². The topological polar surface area (TPSA) is 93.5 Å². The zero-order valence-corrected chi connectivity index (χ0v) is 12.9. The van der Waals surface area contributed by atoms with E-state index in [4.69, 9.17) is 10.5 Å². The van der Waals surface area contributed by atoms with Crippen LogP contribution in [0.15, 0.2) is 18.2 Å². The number of rotatable bonds is 5. The van der Waals surface area contributed by atoms with Gasteiger partial charge in [0.25, 0.3) is 0 Å². The minimum atomic E-state index is -0.505. The van der Waals surface area contributed by atoms with E-state index in [1.165, 1.54) is 6.92 Å². The molecule has 1 aromatic rings. The van der Waals surface area contributed by atoms with Crippen molar-refractivity contribution in [2.45, 2.75) is 33.3 Å². The Kier molecular flexibility index (Phi) is 5.58. The third-order valence-electron chi connectivity index (χ3n) is 2.55. The normalized spacial score (nSPS) is 10.9. The Bertz CT molecular complexity index is 521. The highest BCUT2D eigenvalue weighted by atomic mass is 16.6. The van der Waals surface area contributed by atoms with E-state index in [9.17, 15) is 9.59 Å². The summed E-state index contributed by atoms with van der Waals surface area (Å²) in [5, 5.41) is 5.75. The quantitative estimate of drug-likeness (QED) is 0.440. The van der Waals surface area contributed by atoms with Crippen LogP contribution in [0.2, 0.25) is 0 Å². The Hall–Kier alpha value is -2.24. The number of nitrogens with two attached hydrogens (primary N) is 1. The van der Waals surface area contributed by atoms with Gasteiger partial charge in [-0.1, -0.05) is 0 Å². The molecule has 6 heteroatoms. The number of carbonyl (C=O) groups is 2. The summed E-state index contributed by atoms with van der Waals surface area (Å²) >= 11 is 0. The molecule has 1 aromatic carbocycles. The lowest BCUT2D eigenvalue weighted by Gasteiger charge is -2.19. The van der Waals surface area contributed by atoms with Gasteiger partial charge in [-0.3, -0.25) is 4.79 Å². The number of ether oxygens (including phenoxy) is 1. The summed E-state index contributed by atoms with van der Waals surface area (Å²) in [7, 11) is 0. The molecule has 0 bridgehead atoms. The number of hydrogen-bond acceptors (Lipinski definition) is 5. The number of benzene rings is 1. The minimum Gasteiger partial charge on any atom is -0.444 e. The number of ketones is 1. The van der Waals surface area contributed by atoms with Gasteiger partial charge in [0.1, 0.15) is 5.60 Å². The lowest BCUT2D eigenvalue weighted by Crippen LogP contribution is -2.35. The van der Waals surface area contributed by atoms with Gasteiger partial charge in [-0.25, -0.2) is 4.79 Å². The first-order valence-corrected chi connectivity index (χ1v) is 6.80. The van der Waals surface area contributed by atoms with Crippen LogP contribution in [-0.2, 0) is 4.74 Å². The number of hydrogen-bond donors (Lipinski definition) is 3. The van der Waals surface area contributed by atoms with Crippen LogP contribution in [-0.4, -0.2) is 30.6 Å². The Morgan fingerprint density at radius 3 is 2.43 bits per heavy atom. The molecule has 116 valence electrons. The molecule has 1 rings (SSSR count). The van der Waals surface area contributed by atoms with Gasteiger partial charge in [-0.2, -0.15) is 0 Å². The number of alkyl carbamates (subject to hydrolysis) is 1. The number of carbonyl (C=O) groups excluding carboxylic acids is 2. The molecular weight excluding hydrogens is 270 g/mol. The molecule has 0 spiro atoms. The maximum atomic E-state index is 11.4. The Labute approximate surface area is 125 Å². The molecule has 0 radical (unpaired) electrons. The summed E-state index contributed by atoms with van der Waals surface area (Å²) in [4.78, 5) is 22.7. The van der Waals surface area contributed by atoms with Gasteiger partial charge in [-0.05, 0) is 45.9 Å². The smallest absolute Gasteiger partial charge is 0.407 e. The zero-order chi connectivity index (χ0) is 16.0. The van der Waals surface area contributed by atoms with Crippen LogP contribution < -0.4 is 16.4 Å². The molecule has 0 aromatic heterocycles. The highest BCUT2D eigenvalue weighted by Gasteiger charge is 2.15. The lowest BCUT2D eigenvalue weighted by molar-refractivity contribution is 0.0530. The molecule has 0 aliphatic rings. The van der Waals surface area contributed by atoms with Crippen molar-refractivity contribution in [3.8, 4) is 0 Å². The zero-order valence-electron chi connectivity index (χ0n) is 12.9. The fourth-order valence-electron chi connectivity index (χ4n) is 1.68. The lowest BCUT2D eigenvalue weighted by atomic mass is 10.1. The molecule has 0 unspecified atom stereocenters. The summed E-state index contributed by atoms with van der Waals surface area (Å²) < 4.78 is 5.12. The van der Waals surface area contributed by atoms with Gasteiger partial charge >= 0.3 is 6.09 Å². The molecule has 0 heterocycles. The van der Waals surface area contributed by atoms with Crippen molar-refractivity contribution in [3.63, 3.8) is 0 Å². The van der Waals surface area contributed by atoms with Crippen molar-refractivity contribution < 1.29 is 14.3 Å². The van der Waals surface area contributed by atoms with Gasteiger partial charge in [0.15, 0.2) is 5.78 Å². The van der Waals surface area contributed by atoms with E-state index in [0.717, 1.165) is 5.69 Å². The molecule has 0 fully saturated rings. The van der Waals surface area contributed by atoms with Gasteiger partial charge in [-0.15, -0.1) is 0 Å². The van der Waals surface area contributed by atoms with Gasteiger partial charge in [0, 0.05) is 30.0 Å². The van der Waals surface area contributed by atoms with Gasteiger partial charge in [0.2, 0.25) is 0 Å². The van der Waals surface area contributed by atoms with Crippen molar-refractivity contribution >= 4 is 23.3 Å². The summed E-state index contributed by atoms with van der Waals surface area (Å²) in [5.41, 5.74) is 7.03. The number of Topliss-reactive ketones (excluding diaryl/α,β-unsaturated/α-hetero) is 1. The Morgan fingerprint density at radius 2 is 1.90 bits per heavy atom. The molecule has 0 saturated carbocycles. The first-order valence-electron chi connectivity index (χ1n) is 6.80. The molecule has 21 heavy (non-hydrogen) atoms. The summed E-state index contributed by atoms with van der Waals surface area (Å²) in [6, 6.07) is 5.16. The molecule has 0 aliphatic carbocycles. The second-order valence-electron chi connectivity index (χ2n) is 5.71. The van der Waals surface area contributed by atoms with Crippen molar-refractivity contribution in [1.29, 1.82) is 0 Å². The van der Waals surface area contributed by atoms with Crippen LogP contribution in [0.5, 0.6) is 0 Å². The number of nitrogens with one attached hydrogen (secondary N) is 2. The number of nitrogen functional groups attached to an aromatic ring is 1. The minimum absolute atomic E-state index is 0.0642. The van der Waals surface area contributed by atoms with Crippen molar-refractivity contribution in [2.24, 2.45) is 0 Å². The Morgan fingerprint density at radius 1 is 1.24 bits per heavy atom. The SMILES string of the molecule is CC(=O)c1ccc(NCCNC(=O)OC(C)(C)C)cc1N. The first kappa shape index (κ1) is 16.8. The Balaban J connectivity index is 2.38. The van der Waals surface area contributed by atoms with Crippen LogP contribution in [0, 0.1) is 0 Å². The van der Waals surface area contributed by atoms with Gasteiger partial charge in [0.05, 0.1) is 0 Å². The van der Waals surface area contributed by atoms with Crippen molar-refractivity contribution in [1.82, 2.24) is 5.32 Å². The van der Waals surface area contributed by atoms with Crippen LogP contribution >= 0.6 is 0 Å². The largest absolute Gasteiger partial charge is 0.444 e. The molecular formula is C15H23N3O3. The number of anilines is 2. The average molecular weight is 293 g/mol. The maximum Gasteiger partial charge on any atom is 0.407 e. The van der Waals surface area contributed by atoms with Crippen molar-refractivity contribution in [3.05, 3.63) is 23.8 Å². The summed E-state index contributed by atoms with van der Waals surface area (Å²) in [6.45, 7) is 7.85. The summed E-state index contributed by atoms with van der Waals surface area (Å²) in [6.07, 6.45) is -0.448. The van der Waals surface area contributed by atoms with Crippen LogP contribution in [0.1, 0.15) is 38.1 Å². The first-order chi connectivity index (χ1) is 9.69. The third-order valence-corrected chi connectivity index (χ3v) is 2.55. The van der Waals surface area contributed by atoms with E-state index >= 15 is 0 Å². The van der Waals surface area contributed by atoms with Gasteiger partial charge < -0.3 is 21.1 Å². The van der Waals surface area contributed by atoms with Crippen LogP contribution in [0.25, 0.3) is 0 Å². The molecule has 6 nitrogen and oxygen atoms in total. The maximum absolute atomic E-state index is 11.4. The third kappa shape index (κ3) is 6.16. The van der Waals surface area contributed by atoms with Crippen molar-refractivity contribution in [2.75, 3.05) is 24.1 Å².